The van der Waals surface area contributed by atoms with Gasteiger partial charge < -0.3 is 25.4 Å². The predicted octanol–water partition coefficient (Wildman–Crippen LogP) is 2.38. The largest absolute Gasteiger partial charge is 0.396 e. The van der Waals surface area contributed by atoms with Crippen LogP contribution in [0.5, 0.6) is 0 Å². The number of ether oxygens (including phenoxy) is 1. The van der Waals surface area contributed by atoms with Crippen molar-refractivity contribution in [3.05, 3.63) is 0 Å². The van der Waals surface area contributed by atoms with E-state index < -0.39 is 34.6 Å². The van der Waals surface area contributed by atoms with Gasteiger partial charge in [0.2, 0.25) is 17.7 Å². The Morgan fingerprint density at radius 1 is 1.15 bits per heavy atom. The number of nitrogens with one attached hydrogen (secondary N) is 2. The van der Waals surface area contributed by atoms with Crippen molar-refractivity contribution in [3.8, 4) is 0 Å². The number of likely N-dealkylation sites (tertiary alicyclic amines) is 1. The molecule has 8 heteroatoms. The van der Waals surface area contributed by atoms with Crippen LogP contribution in [0.25, 0.3) is 0 Å². The van der Waals surface area contributed by atoms with Gasteiger partial charge in [0.05, 0.1) is 17.4 Å². The van der Waals surface area contributed by atoms with E-state index in [0.29, 0.717) is 32.2 Å². The van der Waals surface area contributed by atoms with Gasteiger partial charge in [0.1, 0.15) is 11.6 Å². The van der Waals surface area contributed by atoms with Gasteiger partial charge in [-0.05, 0) is 57.8 Å². The molecule has 3 heterocycles. The summed E-state index contributed by atoms with van der Waals surface area (Å²) in [5.74, 6) is -1.88. The molecule has 0 aromatic carbocycles. The Hall–Kier alpha value is -1.67. The van der Waals surface area contributed by atoms with E-state index in [9.17, 15) is 19.5 Å². The Balaban J connectivity index is 1.99. The Labute approximate surface area is 204 Å². The number of aliphatic hydroxyl groups excluding tert-OH is 1. The molecule has 0 saturated carbocycles. The molecule has 3 saturated heterocycles. The third-order valence-corrected chi connectivity index (χ3v) is 7.75. The molecule has 3 N–H and O–H groups in total. The molecule has 2 unspecified atom stereocenters. The van der Waals surface area contributed by atoms with Crippen molar-refractivity contribution >= 4 is 17.7 Å². The average Bonchev–Trinajstić information content (AvgIpc) is 3.31. The molecule has 3 aliphatic rings. The van der Waals surface area contributed by atoms with E-state index in [1.807, 2.05) is 27.7 Å². The van der Waals surface area contributed by atoms with Gasteiger partial charge >= 0.3 is 0 Å². The highest BCUT2D eigenvalue weighted by Crippen LogP contribution is 2.64. The van der Waals surface area contributed by atoms with E-state index in [-0.39, 0.29) is 36.3 Å². The summed E-state index contributed by atoms with van der Waals surface area (Å²) in [6.45, 7) is 15.1. The fourth-order valence-electron chi connectivity index (χ4n) is 7.03. The van der Waals surface area contributed by atoms with Crippen LogP contribution >= 0.6 is 0 Å². The lowest BCUT2D eigenvalue weighted by Crippen LogP contribution is -2.59. The lowest BCUT2D eigenvalue weighted by Gasteiger charge is -2.38. The molecule has 2 bridgehead atoms. The number of hydrogen-bond acceptors (Lipinski definition) is 5. The molecule has 0 aromatic heterocycles. The summed E-state index contributed by atoms with van der Waals surface area (Å²) >= 11 is 0. The zero-order chi connectivity index (χ0) is 25.5. The minimum Gasteiger partial charge on any atom is -0.396 e. The molecule has 5 atom stereocenters. The third-order valence-electron chi connectivity index (χ3n) is 7.75. The van der Waals surface area contributed by atoms with E-state index in [2.05, 4.69) is 31.4 Å². The second-order valence-electron chi connectivity index (χ2n) is 12.3. The number of carbonyl (C=O) groups excluding carboxylic acids is 3. The van der Waals surface area contributed by atoms with Crippen molar-refractivity contribution in [1.82, 2.24) is 15.5 Å². The van der Waals surface area contributed by atoms with Crippen molar-refractivity contribution < 1.29 is 24.2 Å². The third kappa shape index (κ3) is 4.60. The maximum absolute atomic E-state index is 13.9. The topological polar surface area (TPSA) is 108 Å². The molecule has 34 heavy (non-hydrogen) atoms. The number of amides is 3. The summed E-state index contributed by atoms with van der Waals surface area (Å²) in [5, 5.41) is 15.7. The van der Waals surface area contributed by atoms with Crippen LogP contribution in [0.1, 0.15) is 87.0 Å². The Morgan fingerprint density at radius 3 is 2.38 bits per heavy atom. The first kappa shape index (κ1) is 26.9. The molecule has 3 fully saturated rings. The average molecular weight is 480 g/mol. The van der Waals surface area contributed by atoms with Gasteiger partial charge in [-0.1, -0.05) is 34.6 Å². The van der Waals surface area contributed by atoms with Crippen molar-refractivity contribution in [2.75, 3.05) is 19.7 Å². The first-order chi connectivity index (χ1) is 15.8. The number of hydrogen-bond donors (Lipinski definition) is 3. The van der Waals surface area contributed by atoms with E-state index in [1.54, 1.807) is 4.90 Å². The molecule has 3 amide bonds. The van der Waals surface area contributed by atoms with Gasteiger partial charge in [-0.2, -0.15) is 0 Å². The van der Waals surface area contributed by atoms with Crippen LogP contribution in [0.15, 0.2) is 0 Å². The van der Waals surface area contributed by atoms with E-state index in [4.69, 9.17) is 4.74 Å². The number of aliphatic hydroxyl groups is 1. The molecule has 0 aliphatic carbocycles. The molecule has 1 spiro atoms. The van der Waals surface area contributed by atoms with Gasteiger partial charge in [0, 0.05) is 25.2 Å². The van der Waals surface area contributed by atoms with Crippen LogP contribution < -0.4 is 10.6 Å². The van der Waals surface area contributed by atoms with Crippen molar-refractivity contribution in [2.45, 2.75) is 110 Å². The summed E-state index contributed by atoms with van der Waals surface area (Å²) in [7, 11) is 0. The predicted molar refractivity (Wildman–Crippen MR) is 130 cm³/mol. The molecule has 0 radical (unpaired) electrons. The zero-order valence-electron chi connectivity index (χ0n) is 22.1. The summed E-state index contributed by atoms with van der Waals surface area (Å²) in [6.07, 6.45) is 3.78. The van der Waals surface area contributed by atoms with Crippen LogP contribution in [0.3, 0.4) is 0 Å². The first-order valence-corrected chi connectivity index (χ1v) is 13.0. The minimum atomic E-state index is -1.02. The lowest BCUT2D eigenvalue weighted by molar-refractivity contribution is -0.148. The van der Waals surface area contributed by atoms with E-state index in [0.717, 1.165) is 12.8 Å². The molecular weight excluding hydrogens is 434 g/mol. The number of fused-ring (bicyclic) bond motifs is 1. The Bertz CT molecular complexity index is 807. The number of rotatable bonds is 10. The molecular formula is C26H45N3O5. The van der Waals surface area contributed by atoms with Gasteiger partial charge in [-0.15, -0.1) is 0 Å². The SMILES string of the molecule is CCCNC(=O)[C@@H]1[C@H]2C(=O)N(CCCO)C(C(=O)NC(C)(C)CC(C)(C)C)C23CC[C@@]1(CC)O3. The maximum Gasteiger partial charge on any atom is 0.246 e. The van der Waals surface area contributed by atoms with Crippen LogP contribution in [-0.4, -0.2) is 70.2 Å². The first-order valence-electron chi connectivity index (χ1n) is 13.0. The van der Waals surface area contributed by atoms with Gasteiger partial charge in [-0.3, -0.25) is 14.4 Å². The summed E-state index contributed by atoms with van der Waals surface area (Å²) < 4.78 is 6.72. The summed E-state index contributed by atoms with van der Waals surface area (Å²) in [6, 6.07) is -0.812. The standard InChI is InChI=1S/C26H45N3O5/c1-8-13-27-20(31)17-18-22(33)29(14-10-15-30)19(26(18)12-11-25(17,9-2)34-26)21(32)28-24(6,7)16-23(3,4)5/h17-19,30H,8-16H2,1-7H3,(H,27,31)(H,28,32)/t17-,18-,19?,25+,26?/m0/s1. The molecule has 3 aliphatic heterocycles. The molecule has 3 rings (SSSR count). The van der Waals surface area contributed by atoms with Crippen LogP contribution in [-0.2, 0) is 19.1 Å². The number of carbonyl (C=O) groups is 3. The highest BCUT2D eigenvalue weighted by molar-refractivity contribution is 5.99. The Morgan fingerprint density at radius 2 is 1.82 bits per heavy atom. The van der Waals surface area contributed by atoms with Gasteiger partial charge in [-0.25, -0.2) is 0 Å². The minimum absolute atomic E-state index is 0.0106. The molecule has 8 nitrogen and oxygen atoms in total. The molecule has 194 valence electrons. The van der Waals surface area contributed by atoms with Crippen molar-refractivity contribution in [2.24, 2.45) is 17.3 Å². The van der Waals surface area contributed by atoms with Crippen LogP contribution in [0, 0.1) is 17.3 Å². The second kappa shape index (κ2) is 9.41. The monoisotopic (exact) mass is 479 g/mol. The number of nitrogens with zero attached hydrogens (tertiary/aromatic N) is 1. The Kier molecular flexibility index (Phi) is 7.46. The van der Waals surface area contributed by atoms with Crippen LogP contribution in [0.2, 0.25) is 0 Å². The zero-order valence-corrected chi connectivity index (χ0v) is 22.1. The quantitative estimate of drug-likeness (QED) is 0.446. The van der Waals surface area contributed by atoms with Crippen LogP contribution in [0.4, 0.5) is 0 Å². The van der Waals surface area contributed by atoms with Gasteiger partial charge in [0.25, 0.3) is 0 Å². The van der Waals surface area contributed by atoms with Crippen molar-refractivity contribution in [1.29, 1.82) is 0 Å². The van der Waals surface area contributed by atoms with E-state index >= 15 is 0 Å². The highest BCUT2D eigenvalue weighted by atomic mass is 16.5. The fourth-order valence-corrected chi connectivity index (χ4v) is 7.03. The normalized spacial score (nSPS) is 32.8. The molecule has 0 aromatic rings. The lowest BCUT2D eigenvalue weighted by atomic mass is 9.65. The fraction of sp³-hybridized carbons (Fsp3) is 0.885. The van der Waals surface area contributed by atoms with Crippen molar-refractivity contribution in [3.63, 3.8) is 0 Å². The smallest absolute Gasteiger partial charge is 0.246 e. The highest BCUT2D eigenvalue weighted by Gasteiger charge is 2.78. The van der Waals surface area contributed by atoms with Gasteiger partial charge in [0.15, 0.2) is 0 Å². The summed E-state index contributed by atoms with van der Waals surface area (Å²) in [4.78, 5) is 42.6. The summed E-state index contributed by atoms with van der Waals surface area (Å²) in [5.41, 5.74) is -2.21. The maximum atomic E-state index is 13.9. The van der Waals surface area contributed by atoms with E-state index in [1.165, 1.54) is 0 Å². The second-order valence-corrected chi connectivity index (χ2v) is 12.3.